The van der Waals surface area contributed by atoms with Gasteiger partial charge in [-0.3, -0.25) is 9.59 Å². The van der Waals surface area contributed by atoms with Gasteiger partial charge < -0.3 is 10.1 Å². The number of hydrogen-bond acceptors (Lipinski definition) is 3. The van der Waals surface area contributed by atoms with Crippen LogP contribution in [-0.4, -0.2) is 17.8 Å². The molecule has 1 N–H and O–H groups in total. The molecule has 1 heterocycles. The van der Waals surface area contributed by atoms with Crippen molar-refractivity contribution in [2.45, 2.75) is 32.8 Å². The van der Waals surface area contributed by atoms with E-state index in [-0.39, 0.29) is 17.8 Å². The van der Waals surface area contributed by atoms with Gasteiger partial charge in [0.05, 0.1) is 12.1 Å². The van der Waals surface area contributed by atoms with Crippen LogP contribution in [0.4, 0.5) is 5.69 Å². The van der Waals surface area contributed by atoms with Crippen molar-refractivity contribution in [1.29, 1.82) is 0 Å². The Kier molecular flexibility index (Phi) is 3.13. The average Bonchev–Trinajstić information content (AvgIpc) is 2.43. The zero-order valence-corrected chi connectivity index (χ0v) is 9.95. The van der Waals surface area contributed by atoms with Crippen molar-refractivity contribution in [2.75, 3.05) is 5.32 Å². The lowest BCUT2D eigenvalue weighted by atomic mass is 10.1. The summed E-state index contributed by atoms with van der Waals surface area (Å²) in [5, 5.41) is 2.76. The third-order valence-electron chi connectivity index (χ3n) is 2.70. The molecule has 4 heteroatoms. The van der Waals surface area contributed by atoms with E-state index in [4.69, 9.17) is 4.74 Å². The molecule has 0 radical (unpaired) electrons. The third kappa shape index (κ3) is 2.46. The summed E-state index contributed by atoms with van der Waals surface area (Å²) in [7, 11) is 0. The van der Waals surface area contributed by atoms with E-state index in [9.17, 15) is 9.59 Å². The van der Waals surface area contributed by atoms with E-state index in [1.807, 2.05) is 13.8 Å². The van der Waals surface area contributed by atoms with Crippen molar-refractivity contribution in [1.82, 2.24) is 0 Å². The van der Waals surface area contributed by atoms with E-state index < -0.39 is 0 Å². The second-order valence-electron chi connectivity index (χ2n) is 4.17. The molecule has 0 aromatic heterocycles. The average molecular weight is 233 g/mol. The molecular weight excluding hydrogens is 218 g/mol. The van der Waals surface area contributed by atoms with Crippen molar-refractivity contribution in [3.8, 4) is 5.75 Å². The van der Waals surface area contributed by atoms with Gasteiger partial charge in [-0.1, -0.05) is 6.92 Å². The zero-order valence-electron chi connectivity index (χ0n) is 9.95. The summed E-state index contributed by atoms with van der Waals surface area (Å²) in [5.41, 5.74) is 1.18. The number of hydrogen-bond donors (Lipinski definition) is 1. The molecule has 0 bridgehead atoms. The van der Waals surface area contributed by atoms with Crippen LogP contribution in [0.1, 0.15) is 37.0 Å². The Bertz CT molecular complexity index is 468. The molecule has 0 spiro atoms. The van der Waals surface area contributed by atoms with Crippen LogP contribution in [0.3, 0.4) is 0 Å². The highest BCUT2D eigenvalue weighted by atomic mass is 16.5. The maximum Gasteiger partial charge on any atom is 0.228 e. The minimum absolute atomic E-state index is 0.0549. The molecule has 0 aliphatic carbocycles. The molecule has 1 unspecified atom stereocenters. The Labute approximate surface area is 100.0 Å². The summed E-state index contributed by atoms with van der Waals surface area (Å²) in [6.07, 6.45) is 0.624. The summed E-state index contributed by atoms with van der Waals surface area (Å²) in [6, 6.07) is 5.15. The van der Waals surface area contributed by atoms with Gasteiger partial charge in [0.2, 0.25) is 5.91 Å². The number of carbonyl (C=O) groups is 2. The molecule has 1 aromatic rings. The van der Waals surface area contributed by atoms with Gasteiger partial charge in [-0.25, -0.2) is 0 Å². The fourth-order valence-corrected chi connectivity index (χ4v) is 1.83. The second kappa shape index (κ2) is 4.57. The van der Waals surface area contributed by atoms with Crippen molar-refractivity contribution in [3.05, 3.63) is 23.8 Å². The zero-order chi connectivity index (χ0) is 12.4. The third-order valence-corrected chi connectivity index (χ3v) is 2.70. The molecule has 1 aliphatic heterocycles. The predicted molar refractivity (Wildman–Crippen MR) is 64.4 cm³/mol. The van der Waals surface area contributed by atoms with E-state index in [1.54, 1.807) is 18.2 Å². The van der Waals surface area contributed by atoms with Crippen LogP contribution >= 0.6 is 0 Å². The lowest BCUT2D eigenvalue weighted by Gasteiger charge is -2.11. The molecule has 0 saturated carbocycles. The highest BCUT2D eigenvalue weighted by molar-refractivity contribution is 5.99. The van der Waals surface area contributed by atoms with Gasteiger partial charge in [-0.15, -0.1) is 0 Å². The van der Waals surface area contributed by atoms with Crippen LogP contribution in [0.5, 0.6) is 5.75 Å². The summed E-state index contributed by atoms with van der Waals surface area (Å²) < 4.78 is 5.60. The number of fused-ring (bicyclic) bond motifs is 1. The summed E-state index contributed by atoms with van der Waals surface area (Å²) in [5.74, 6) is 0.590. The molecule has 17 heavy (non-hydrogen) atoms. The minimum Gasteiger partial charge on any atom is -0.488 e. The largest absolute Gasteiger partial charge is 0.488 e. The van der Waals surface area contributed by atoms with Crippen LogP contribution in [0.2, 0.25) is 0 Å². The van der Waals surface area contributed by atoms with Crippen LogP contribution in [0, 0.1) is 0 Å². The van der Waals surface area contributed by atoms with Crippen molar-refractivity contribution < 1.29 is 14.3 Å². The first-order valence-electron chi connectivity index (χ1n) is 5.74. The fraction of sp³-hybridized carbons (Fsp3) is 0.385. The number of carbonyl (C=O) groups excluding carboxylic acids is 2. The molecule has 2 rings (SSSR count). The van der Waals surface area contributed by atoms with Gasteiger partial charge in [0.25, 0.3) is 0 Å². The first-order chi connectivity index (χ1) is 8.10. The Morgan fingerprint density at radius 3 is 3.00 bits per heavy atom. The summed E-state index contributed by atoms with van der Waals surface area (Å²) in [6.45, 7) is 3.66. The summed E-state index contributed by atoms with van der Waals surface area (Å²) in [4.78, 5) is 23.1. The molecule has 1 atom stereocenters. The number of benzene rings is 1. The fourth-order valence-electron chi connectivity index (χ4n) is 1.83. The second-order valence-corrected chi connectivity index (χ2v) is 4.17. The molecule has 90 valence electrons. The van der Waals surface area contributed by atoms with Crippen molar-refractivity contribution in [2.24, 2.45) is 0 Å². The lowest BCUT2D eigenvalue weighted by molar-refractivity contribution is -0.117. The normalized spacial score (nSPS) is 18.7. The molecule has 0 fully saturated rings. The van der Waals surface area contributed by atoms with E-state index in [2.05, 4.69) is 5.32 Å². The van der Waals surface area contributed by atoms with Crippen LogP contribution < -0.4 is 10.1 Å². The molecular formula is C13H15NO3. The number of rotatable bonds is 2. The van der Waals surface area contributed by atoms with Gasteiger partial charge in [0, 0.05) is 12.0 Å². The molecule has 0 saturated heterocycles. The maximum atomic E-state index is 11.6. The van der Waals surface area contributed by atoms with Crippen molar-refractivity contribution in [3.63, 3.8) is 0 Å². The number of ether oxygens (including phenoxy) is 1. The first-order valence-corrected chi connectivity index (χ1v) is 5.74. The highest BCUT2D eigenvalue weighted by Gasteiger charge is 2.20. The number of Topliss-reactive ketones (excluding diaryl/α,β-unsaturated/α-hetero) is 1. The number of anilines is 1. The lowest BCUT2D eigenvalue weighted by Crippen LogP contribution is -2.17. The van der Waals surface area contributed by atoms with Gasteiger partial charge in [0.15, 0.2) is 5.78 Å². The van der Waals surface area contributed by atoms with Gasteiger partial charge >= 0.3 is 0 Å². The minimum atomic E-state index is -0.149. The van der Waals surface area contributed by atoms with E-state index in [0.29, 0.717) is 29.8 Å². The first kappa shape index (κ1) is 11.6. The Hall–Kier alpha value is -1.84. The van der Waals surface area contributed by atoms with E-state index in [1.165, 1.54) is 0 Å². The highest BCUT2D eigenvalue weighted by Crippen LogP contribution is 2.30. The van der Waals surface area contributed by atoms with Gasteiger partial charge in [0.1, 0.15) is 11.9 Å². The molecule has 1 aliphatic rings. The predicted octanol–water partition coefficient (Wildman–Crippen LogP) is 2.39. The quantitative estimate of drug-likeness (QED) is 0.798. The van der Waals surface area contributed by atoms with E-state index in [0.717, 1.165) is 0 Å². The van der Waals surface area contributed by atoms with Crippen LogP contribution in [0.25, 0.3) is 0 Å². The van der Waals surface area contributed by atoms with Crippen LogP contribution in [0.15, 0.2) is 18.2 Å². The summed E-state index contributed by atoms with van der Waals surface area (Å²) >= 11 is 0. The SMILES string of the molecule is CCC(=O)c1ccc2c(c1)NC(=O)CC(C)O2. The monoisotopic (exact) mass is 233 g/mol. The Morgan fingerprint density at radius 2 is 2.29 bits per heavy atom. The van der Waals surface area contributed by atoms with Crippen LogP contribution in [-0.2, 0) is 4.79 Å². The standard InChI is InChI=1S/C13H15NO3/c1-3-11(15)9-4-5-12-10(7-9)14-13(16)6-8(2)17-12/h4-5,7-8H,3,6H2,1-2H3,(H,14,16). The van der Waals surface area contributed by atoms with Gasteiger partial charge in [-0.2, -0.15) is 0 Å². The number of amides is 1. The number of ketones is 1. The molecule has 1 amide bonds. The topological polar surface area (TPSA) is 55.4 Å². The Morgan fingerprint density at radius 1 is 1.53 bits per heavy atom. The molecule has 4 nitrogen and oxygen atoms in total. The Balaban J connectivity index is 2.38. The van der Waals surface area contributed by atoms with Crippen molar-refractivity contribution >= 4 is 17.4 Å². The maximum absolute atomic E-state index is 11.6. The van der Waals surface area contributed by atoms with E-state index >= 15 is 0 Å². The smallest absolute Gasteiger partial charge is 0.228 e. The van der Waals surface area contributed by atoms with Gasteiger partial charge in [-0.05, 0) is 25.1 Å². The molecule has 1 aromatic carbocycles. The number of nitrogens with one attached hydrogen (secondary N) is 1.